The van der Waals surface area contributed by atoms with Gasteiger partial charge in [-0.2, -0.15) is 9.78 Å². The quantitative estimate of drug-likeness (QED) is 0.311. The number of carbonyl (C=O) groups excluding carboxylic acids is 1. The minimum Gasteiger partial charge on any atom is -0.462 e. The van der Waals surface area contributed by atoms with E-state index in [1.807, 2.05) is 0 Å². The summed E-state index contributed by atoms with van der Waals surface area (Å²) >= 11 is 0. The van der Waals surface area contributed by atoms with E-state index < -0.39 is 23.0 Å². The Bertz CT molecular complexity index is 282. The maximum Gasteiger partial charge on any atom is 0.372 e. The van der Waals surface area contributed by atoms with Crippen LogP contribution < -0.4 is 0 Å². The summed E-state index contributed by atoms with van der Waals surface area (Å²) in [6.45, 7) is 14.4. The van der Waals surface area contributed by atoms with Crippen LogP contribution in [0.15, 0.2) is 0 Å². The average Bonchev–Trinajstić information content (AvgIpc) is 2.27. The van der Waals surface area contributed by atoms with E-state index in [1.165, 1.54) is 0 Å². The number of hydrogen-bond acceptors (Lipinski definition) is 6. The van der Waals surface area contributed by atoms with Crippen molar-refractivity contribution in [3.63, 3.8) is 0 Å². The van der Waals surface area contributed by atoms with Crippen LogP contribution in [0.3, 0.4) is 0 Å². The molecule has 0 rings (SSSR count). The zero-order valence-electron chi connectivity index (χ0n) is 13.9. The highest BCUT2D eigenvalue weighted by molar-refractivity contribution is 5.77. The van der Waals surface area contributed by atoms with Crippen molar-refractivity contribution in [2.24, 2.45) is 0 Å². The van der Waals surface area contributed by atoms with Crippen LogP contribution in [-0.2, 0) is 29.1 Å². The molecule has 0 aliphatic heterocycles. The Labute approximate surface area is 121 Å². The van der Waals surface area contributed by atoms with Crippen LogP contribution in [0.1, 0.15) is 61.8 Å². The Balaban J connectivity index is 5.02. The summed E-state index contributed by atoms with van der Waals surface area (Å²) in [6.07, 6.45) is 0.179. The van der Waals surface area contributed by atoms with Crippen molar-refractivity contribution < 1.29 is 29.1 Å². The second kappa shape index (κ2) is 7.36. The molecule has 0 saturated carbocycles. The van der Waals surface area contributed by atoms with Gasteiger partial charge in [-0.05, 0) is 48.5 Å². The first-order chi connectivity index (χ1) is 8.96. The van der Waals surface area contributed by atoms with Gasteiger partial charge in [0.05, 0.1) is 17.8 Å². The van der Waals surface area contributed by atoms with Gasteiger partial charge >= 0.3 is 11.8 Å². The molecule has 0 unspecified atom stereocenters. The molecule has 0 aliphatic rings. The molecule has 0 heterocycles. The van der Waals surface area contributed by atoms with E-state index in [4.69, 9.17) is 24.3 Å². The molecule has 0 radical (unpaired) electrons. The van der Waals surface area contributed by atoms with Gasteiger partial charge in [0.1, 0.15) is 0 Å². The number of carbonyl (C=O) groups is 1. The molecule has 0 spiro atoms. The van der Waals surface area contributed by atoms with E-state index in [9.17, 15) is 4.79 Å². The number of ether oxygens (including phenoxy) is 1. The molecule has 0 fully saturated rings. The van der Waals surface area contributed by atoms with Crippen molar-refractivity contribution >= 4 is 5.97 Å². The fraction of sp³-hybridized carbons (Fsp3) is 0.929. The van der Waals surface area contributed by atoms with Gasteiger partial charge in [0, 0.05) is 6.42 Å². The van der Waals surface area contributed by atoms with Crippen LogP contribution in [0.25, 0.3) is 0 Å². The lowest BCUT2D eigenvalue weighted by atomic mass is 10.2. The first-order valence-corrected chi connectivity index (χ1v) is 6.86. The van der Waals surface area contributed by atoms with Crippen molar-refractivity contribution in [1.29, 1.82) is 0 Å². The number of esters is 1. The molecule has 0 amide bonds. The minimum atomic E-state index is -1.74. The van der Waals surface area contributed by atoms with Crippen LogP contribution in [0.4, 0.5) is 0 Å². The zero-order valence-corrected chi connectivity index (χ0v) is 13.9. The van der Waals surface area contributed by atoms with Crippen LogP contribution in [0, 0.1) is 0 Å². The third kappa shape index (κ3) is 7.19. The van der Waals surface area contributed by atoms with Crippen molar-refractivity contribution in [1.82, 2.24) is 0 Å². The van der Waals surface area contributed by atoms with Crippen molar-refractivity contribution in [3.8, 4) is 0 Å². The second-order valence-electron chi connectivity index (χ2n) is 6.39. The molecule has 0 N–H and O–H groups in total. The fourth-order valence-electron chi connectivity index (χ4n) is 0.970. The van der Waals surface area contributed by atoms with Gasteiger partial charge in [-0.3, -0.25) is 0 Å². The summed E-state index contributed by atoms with van der Waals surface area (Å²) in [7, 11) is 0. The summed E-state index contributed by atoms with van der Waals surface area (Å²) in [5.74, 6) is -2.42. The van der Waals surface area contributed by atoms with Crippen molar-refractivity contribution in [3.05, 3.63) is 0 Å². The SMILES string of the molecule is CCOC(=O)C(CC)(OOC(C)(C)C)OOC(C)(C)C. The first kappa shape index (κ1) is 19.3. The van der Waals surface area contributed by atoms with Gasteiger partial charge in [0.15, 0.2) is 0 Å². The van der Waals surface area contributed by atoms with Crippen LogP contribution >= 0.6 is 0 Å². The largest absolute Gasteiger partial charge is 0.462 e. The average molecular weight is 292 g/mol. The highest BCUT2D eigenvalue weighted by Gasteiger charge is 2.46. The van der Waals surface area contributed by atoms with Gasteiger partial charge in [-0.1, -0.05) is 6.92 Å². The molecule has 0 saturated heterocycles. The predicted octanol–water partition coefficient (Wildman–Crippen LogP) is 3.15. The standard InChI is InChI=1S/C14H28O6/c1-9-14(11(15)16-10-2,19-17-12(3,4)5)20-18-13(6,7)8/h9-10H2,1-8H3. The minimum absolute atomic E-state index is 0.179. The molecule has 0 aliphatic carbocycles. The number of hydrogen-bond donors (Lipinski definition) is 0. The molecular weight excluding hydrogens is 264 g/mol. The first-order valence-electron chi connectivity index (χ1n) is 6.86. The molecule has 20 heavy (non-hydrogen) atoms. The van der Waals surface area contributed by atoms with Crippen molar-refractivity contribution in [2.75, 3.05) is 6.61 Å². The lowest BCUT2D eigenvalue weighted by molar-refractivity contribution is -0.528. The maximum absolute atomic E-state index is 12.1. The highest BCUT2D eigenvalue weighted by atomic mass is 17.3. The predicted molar refractivity (Wildman–Crippen MR) is 73.5 cm³/mol. The van der Waals surface area contributed by atoms with Gasteiger partial charge in [0.25, 0.3) is 0 Å². The molecular formula is C14H28O6. The van der Waals surface area contributed by atoms with Gasteiger partial charge < -0.3 is 4.74 Å². The summed E-state index contributed by atoms with van der Waals surface area (Å²) in [5, 5.41) is 0. The third-order valence-corrected chi connectivity index (χ3v) is 1.90. The Morgan fingerprint density at radius 1 is 0.800 bits per heavy atom. The molecule has 0 aromatic rings. The van der Waals surface area contributed by atoms with Crippen LogP contribution in [0.5, 0.6) is 0 Å². The topological polar surface area (TPSA) is 63.2 Å². The van der Waals surface area contributed by atoms with E-state index in [1.54, 1.807) is 55.4 Å². The Hall–Kier alpha value is -0.690. The fourth-order valence-corrected chi connectivity index (χ4v) is 0.970. The number of rotatable bonds is 7. The van der Waals surface area contributed by atoms with Gasteiger partial charge in [0.2, 0.25) is 0 Å². The molecule has 0 bridgehead atoms. The Morgan fingerprint density at radius 2 is 1.20 bits per heavy atom. The Kier molecular flexibility index (Phi) is 7.10. The van der Waals surface area contributed by atoms with Crippen LogP contribution in [-0.4, -0.2) is 29.6 Å². The monoisotopic (exact) mass is 292 g/mol. The molecule has 0 aromatic heterocycles. The molecule has 120 valence electrons. The summed E-state index contributed by atoms with van der Waals surface area (Å²) in [4.78, 5) is 33.0. The summed E-state index contributed by atoms with van der Waals surface area (Å²) < 4.78 is 4.98. The molecule has 6 nitrogen and oxygen atoms in total. The Morgan fingerprint density at radius 3 is 1.45 bits per heavy atom. The second-order valence-corrected chi connectivity index (χ2v) is 6.39. The summed E-state index contributed by atoms with van der Waals surface area (Å²) in [6, 6.07) is 0. The molecule has 0 atom stereocenters. The van der Waals surface area contributed by atoms with Gasteiger partial charge in [-0.25, -0.2) is 14.6 Å². The van der Waals surface area contributed by atoms with Crippen LogP contribution in [0.2, 0.25) is 0 Å². The van der Waals surface area contributed by atoms with E-state index in [-0.39, 0.29) is 13.0 Å². The van der Waals surface area contributed by atoms with E-state index in [2.05, 4.69) is 0 Å². The molecule has 6 heteroatoms. The van der Waals surface area contributed by atoms with E-state index in [0.29, 0.717) is 0 Å². The van der Waals surface area contributed by atoms with E-state index in [0.717, 1.165) is 0 Å². The highest BCUT2D eigenvalue weighted by Crippen LogP contribution is 2.26. The van der Waals surface area contributed by atoms with Gasteiger partial charge in [-0.15, -0.1) is 0 Å². The van der Waals surface area contributed by atoms with Crippen molar-refractivity contribution in [2.45, 2.75) is 78.8 Å². The lowest BCUT2D eigenvalue weighted by Crippen LogP contribution is -2.48. The smallest absolute Gasteiger partial charge is 0.372 e. The third-order valence-electron chi connectivity index (χ3n) is 1.90. The lowest BCUT2D eigenvalue weighted by Gasteiger charge is -2.32. The maximum atomic E-state index is 12.1. The molecule has 0 aromatic carbocycles. The van der Waals surface area contributed by atoms with E-state index >= 15 is 0 Å². The summed E-state index contributed by atoms with van der Waals surface area (Å²) in [5.41, 5.74) is -1.20. The normalized spacial score (nSPS) is 13.4. The zero-order chi connectivity index (χ0) is 16.0.